The van der Waals surface area contributed by atoms with Gasteiger partial charge in [-0.15, -0.1) is 0 Å². The van der Waals surface area contributed by atoms with Crippen LogP contribution in [0.15, 0.2) is 48.2 Å². The Morgan fingerprint density at radius 2 is 1.89 bits per heavy atom. The van der Waals surface area contributed by atoms with Crippen molar-refractivity contribution in [2.75, 3.05) is 25.3 Å². The summed E-state index contributed by atoms with van der Waals surface area (Å²) in [6, 6.07) is 12.4. The Morgan fingerprint density at radius 3 is 2.50 bits per heavy atom. The molecular formula is C21H24N4O3. The molecule has 1 amide bonds. The van der Waals surface area contributed by atoms with E-state index in [1.54, 1.807) is 38.5 Å². The van der Waals surface area contributed by atoms with Gasteiger partial charge in [-0.1, -0.05) is 12.1 Å². The summed E-state index contributed by atoms with van der Waals surface area (Å²) in [6.07, 6.45) is 1.34. The molecule has 0 aliphatic carbocycles. The third-order valence-electron chi connectivity index (χ3n) is 4.20. The molecule has 7 nitrogen and oxygen atoms in total. The number of hydrogen-bond donors (Lipinski definition) is 3. The number of nitrogen functional groups attached to an aromatic ring is 1. The molecule has 0 saturated carbocycles. The summed E-state index contributed by atoms with van der Waals surface area (Å²) in [5.74, 6) is 0.666. The number of carbonyl (C=O) groups is 1. The van der Waals surface area contributed by atoms with Crippen molar-refractivity contribution in [2.24, 2.45) is 0 Å². The largest absolute Gasteiger partial charge is 0.493 e. The molecule has 2 aromatic rings. The monoisotopic (exact) mass is 380 g/mol. The molecule has 1 atom stereocenters. The van der Waals surface area contributed by atoms with E-state index in [1.807, 2.05) is 32.0 Å². The number of aryl methyl sites for hydroxylation is 1. The highest BCUT2D eigenvalue weighted by molar-refractivity contribution is 5.97. The van der Waals surface area contributed by atoms with Crippen molar-refractivity contribution in [1.82, 2.24) is 5.32 Å². The van der Waals surface area contributed by atoms with Gasteiger partial charge < -0.3 is 25.8 Å². The second-order valence-corrected chi connectivity index (χ2v) is 6.21. The topological polar surface area (TPSA) is 109 Å². The van der Waals surface area contributed by atoms with Crippen LogP contribution in [0.1, 0.15) is 24.1 Å². The fraction of sp³-hybridized carbons (Fsp3) is 0.238. The first kappa shape index (κ1) is 20.6. The van der Waals surface area contributed by atoms with E-state index in [0.717, 1.165) is 11.1 Å². The lowest BCUT2D eigenvalue weighted by atomic mass is 10.1. The van der Waals surface area contributed by atoms with Crippen molar-refractivity contribution in [3.05, 3.63) is 59.3 Å². The molecule has 7 heteroatoms. The number of rotatable bonds is 7. The van der Waals surface area contributed by atoms with Crippen molar-refractivity contribution in [3.63, 3.8) is 0 Å². The lowest BCUT2D eigenvalue weighted by Crippen LogP contribution is -2.28. The van der Waals surface area contributed by atoms with E-state index >= 15 is 0 Å². The van der Waals surface area contributed by atoms with Crippen LogP contribution in [0, 0.1) is 18.3 Å². The third kappa shape index (κ3) is 4.95. The van der Waals surface area contributed by atoms with Crippen LogP contribution in [0.2, 0.25) is 0 Å². The Balaban J connectivity index is 2.11. The van der Waals surface area contributed by atoms with Crippen molar-refractivity contribution >= 4 is 17.3 Å². The maximum absolute atomic E-state index is 12.5. The zero-order valence-corrected chi connectivity index (χ0v) is 16.4. The van der Waals surface area contributed by atoms with E-state index in [9.17, 15) is 10.1 Å². The van der Waals surface area contributed by atoms with Gasteiger partial charge in [-0.2, -0.15) is 5.26 Å². The first-order valence-corrected chi connectivity index (χ1v) is 8.65. The molecule has 0 fully saturated rings. The van der Waals surface area contributed by atoms with E-state index in [2.05, 4.69) is 10.6 Å². The van der Waals surface area contributed by atoms with E-state index < -0.39 is 5.91 Å². The summed E-state index contributed by atoms with van der Waals surface area (Å²) in [4.78, 5) is 12.5. The molecule has 28 heavy (non-hydrogen) atoms. The Labute approximate surface area is 164 Å². The molecule has 0 aliphatic heterocycles. The van der Waals surface area contributed by atoms with Gasteiger partial charge in [0.25, 0.3) is 5.91 Å². The normalized spacial score (nSPS) is 11.9. The van der Waals surface area contributed by atoms with Crippen LogP contribution in [0.25, 0.3) is 0 Å². The fourth-order valence-corrected chi connectivity index (χ4v) is 2.59. The molecule has 2 rings (SSSR count). The van der Waals surface area contributed by atoms with E-state index in [1.165, 1.54) is 6.20 Å². The number of carbonyl (C=O) groups excluding carboxylic acids is 1. The fourth-order valence-electron chi connectivity index (χ4n) is 2.59. The van der Waals surface area contributed by atoms with E-state index in [4.69, 9.17) is 15.2 Å². The number of ether oxygens (including phenoxy) is 2. The Morgan fingerprint density at radius 1 is 1.18 bits per heavy atom. The Kier molecular flexibility index (Phi) is 6.88. The number of methoxy groups -OCH3 is 2. The second-order valence-electron chi connectivity index (χ2n) is 6.21. The minimum atomic E-state index is -0.497. The summed E-state index contributed by atoms with van der Waals surface area (Å²) < 4.78 is 10.5. The van der Waals surface area contributed by atoms with Crippen LogP contribution in [-0.4, -0.2) is 20.1 Å². The molecule has 0 aromatic heterocycles. The van der Waals surface area contributed by atoms with Gasteiger partial charge in [0.15, 0.2) is 11.5 Å². The Hall–Kier alpha value is -3.66. The number of nitrogens with zero attached hydrogens (tertiary/aromatic N) is 1. The highest BCUT2D eigenvalue weighted by atomic mass is 16.5. The van der Waals surface area contributed by atoms with Crippen molar-refractivity contribution in [1.29, 1.82) is 5.26 Å². The number of anilines is 2. The highest BCUT2D eigenvalue weighted by Gasteiger charge is 2.15. The number of benzene rings is 2. The van der Waals surface area contributed by atoms with Gasteiger partial charge >= 0.3 is 0 Å². The van der Waals surface area contributed by atoms with Crippen molar-refractivity contribution in [3.8, 4) is 17.6 Å². The summed E-state index contributed by atoms with van der Waals surface area (Å²) in [7, 11) is 3.10. The highest BCUT2D eigenvalue weighted by Crippen LogP contribution is 2.30. The predicted molar refractivity (Wildman–Crippen MR) is 109 cm³/mol. The first-order valence-electron chi connectivity index (χ1n) is 8.65. The zero-order chi connectivity index (χ0) is 20.7. The summed E-state index contributed by atoms with van der Waals surface area (Å²) in [6.45, 7) is 3.75. The molecule has 2 aromatic carbocycles. The zero-order valence-electron chi connectivity index (χ0n) is 16.4. The summed E-state index contributed by atoms with van der Waals surface area (Å²) >= 11 is 0. The first-order chi connectivity index (χ1) is 13.4. The lowest BCUT2D eigenvalue weighted by molar-refractivity contribution is -0.117. The molecule has 0 bridgehead atoms. The predicted octanol–water partition coefficient (Wildman–Crippen LogP) is 3.29. The molecule has 4 N–H and O–H groups in total. The van der Waals surface area contributed by atoms with Crippen LogP contribution < -0.4 is 25.8 Å². The van der Waals surface area contributed by atoms with Crippen LogP contribution in [0.3, 0.4) is 0 Å². The smallest absolute Gasteiger partial charge is 0.263 e. The third-order valence-corrected chi connectivity index (χ3v) is 4.20. The second kappa shape index (κ2) is 9.33. The van der Waals surface area contributed by atoms with Crippen LogP contribution in [0.4, 0.5) is 11.4 Å². The SMILES string of the molecule is COc1ccc(C(C)NC(=O)/C(C#N)=C\Nc2ccc(C)cc2N)cc1OC. The molecule has 1 unspecified atom stereocenters. The molecule has 0 saturated heterocycles. The maximum atomic E-state index is 12.5. The molecule has 0 heterocycles. The standard InChI is InChI=1S/C21H24N4O3/c1-13-5-7-18(17(23)9-13)24-12-16(11-22)21(26)25-14(2)15-6-8-19(27-3)20(10-15)28-4/h5-10,12,14,24H,23H2,1-4H3,(H,25,26)/b16-12-. The van der Waals surface area contributed by atoms with E-state index in [-0.39, 0.29) is 11.6 Å². The number of amides is 1. The van der Waals surface area contributed by atoms with Gasteiger partial charge in [0.05, 0.1) is 31.6 Å². The number of nitriles is 1. The Bertz CT molecular complexity index is 932. The number of nitrogens with one attached hydrogen (secondary N) is 2. The van der Waals surface area contributed by atoms with Crippen molar-refractivity contribution in [2.45, 2.75) is 19.9 Å². The van der Waals surface area contributed by atoms with Gasteiger partial charge in [-0.25, -0.2) is 0 Å². The molecular weight excluding hydrogens is 356 g/mol. The minimum absolute atomic E-state index is 0.0627. The molecule has 0 radical (unpaired) electrons. The van der Waals surface area contributed by atoms with Crippen LogP contribution in [-0.2, 0) is 4.79 Å². The molecule has 146 valence electrons. The quantitative estimate of drug-likeness (QED) is 0.386. The van der Waals surface area contributed by atoms with Crippen LogP contribution in [0.5, 0.6) is 11.5 Å². The van der Waals surface area contributed by atoms with Gasteiger partial charge in [-0.05, 0) is 49.2 Å². The number of nitrogens with two attached hydrogens (primary N) is 1. The van der Waals surface area contributed by atoms with Crippen molar-refractivity contribution < 1.29 is 14.3 Å². The minimum Gasteiger partial charge on any atom is -0.493 e. The van der Waals surface area contributed by atoms with Crippen LogP contribution >= 0.6 is 0 Å². The molecule has 0 aliphatic rings. The lowest BCUT2D eigenvalue weighted by Gasteiger charge is -2.16. The maximum Gasteiger partial charge on any atom is 0.263 e. The molecule has 0 spiro atoms. The van der Waals surface area contributed by atoms with Gasteiger partial charge in [0, 0.05) is 6.20 Å². The van der Waals surface area contributed by atoms with Gasteiger partial charge in [-0.3, -0.25) is 4.79 Å². The average Bonchev–Trinajstić information content (AvgIpc) is 2.69. The van der Waals surface area contributed by atoms with E-state index in [0.29, 0.717) is 22.9 Å². The number of hydrogen-bond acceptors (Lipinski definition) is 6. The summed E-state index contributed by atoms with van der Waals surface area (Å²) in [5, 5.41) is 15.0. The average molecular weight is 380 g/mol. The van der Waals surface area contributed by atoms with Gasteiger partial charge in [0.2, 0.25) is 0 Å². The van der Waals surface area contributed by atoms with Gasteiger partial charge in [0.1, 0.15) is 11.6 Å². The summed E-state index contributed by atoms with van der Waals surface area (Å²) in [5.41, 5.74) is 8.87.